The van der Waals surface area contributed by atoms with Crippen molar-refractivity contribution in [2.45, 2.75) is 39.5 Å². The van der Waals surface area contributed by atoms with E-state index in [-0.39, 0.29) is 16.6 Å². The minimum Gasteiger partial charge on any atom is -0.294 e. The lowest BCUT2D eigenvalue weighted by Gasteiger charge is -2.27. The van der Waals surface area contributed by atoms with Gasteiger partial charge in [-0.05, 0) is 18.6 Å². The summed E-state index contributed by atoms with van der Waals surface area (Å²) < 4.78 is 1.66. The third-order valence-corrected chi connectivity index (χ3v) is 3.80. The second kappa shape index (κ2) is 5.53. The number of anilines is 1. The Balaban J connectivity index is 2.78. The molecule has 1 amide bonds. The molecule has 1 unspecified atom stereocenters. The first-order valence-electron chi connectivity index (χ1n) is 5.61. The van der Waals surface area contributed by atoms with Crippen molar-refractivity contribution >= 4 is 23.6 Å². The normalized spacial score (nSPS) is 13.5. The topological polar surface area (TPSA) is 59.8 Å². The first-order valence-corrected chi connectivity index (χ1v) is 6.90. The number of carbonyl (C=O) groups excluding carboxylic acids is 1. The van der Waals surface area contributed by atoms with Gasteiger partial charge in [0, 0.05) is 6.54 Å². The minimum atomic E-state index is -0.107. The first kappa shape index (κ1) is 14.0. The quantitative estimate of drug-likeness (QED) is 0.895. The average Bonchev–Trinajstić information content (AvgIpc) is 2.63. The Labute approximate surface area is 106 Å². The molecule has 96 valence electrons. The van der Waals surface area contributed by atoms with Crippen LogP contribution in [0.25, 0.3) is 0 Å². The van der Waals surface area contributed by atoms with Crippen LogP contribution in [0.5, 0.6) is 0 Å². The standard InChI is InChI=1S/C11H20N4OS/c1-6-15-10(12-7-13-15)14-9(16)8(17-5)11(2,3)4/h7-8H,6H2,1-5H3,(H,12,13,14,16). The van der Waals surface area contributed by atoms with Gasteiger partial charge in [-0.1, -0.05) is 20.8 Å². The molecule has 1 N–H and O–H groups in total. The summed E-state index contributed by atoms with van der Waals surface area (Å²) in [7, 11) is 0. The lowest BCUT2D eigenvalue weighted by molar-refractivity contribution is -0.117. The number of carbonyl (C=O) groups is 1. The Morgan fingerprint density at radius 3 is 2.71 bits per heavy atom. The van der Waals surface area contributed by atoms with E-state index in [1.807, 2.05) is 13.2 Å². The summed E-state index contributed by atoms with van der Waals surface area (Å²) >= 11 is 1.55. The fourth-order valence-electron chi connectivity index (χ4n) is 1.62. The van der Waals surface area contributed by atoms with Crippen molar-refractivity contribution in [3.63, 3.8) is 0 Å². The van der Waals surface area contributed by atoms with Gasteiger partial charge in [-0.2, -0.15) is 21.8 Å². The van der Waals surface area contributed by atoms with Crippen LogP contribution in [0.4, 0.5) is 5.95 Å². The van der Waals surface area contributed by atoms with Crippen LogP contribution in [-0.4, -0.2) is 32.2 Å². The summed E-state index contributed by atoms with van der Waals surface area (Å²) in [5.41, 5.74) is -0.0828. The second-order valence-electron chi connectivity index (χ2n) is 4.87. The van der Waals surface area contributed by atoms with Crippen LogP contribution in [-0.2, 0) is 11.3 Å². The van der Waals surface area contributed by atoms with Crippen LogP contribution < -0.4 is 5.32 Å². The Morgan fingerprint density at radius 1 is 1.59 bits per heavy atom. The molecule has 1 rings (SSSR count). The molecule has 1 atom stereocenters. The molecule has 1 heterocycles. The molecule has 0 saturated carbocycles. The zero-order chi connectivity index (χ0) is 13.1. The van der Waals surface area contributed by atoms with Gasteiger partial charge in [0.1, 0.15) is 6.33 Å². The third-order valence-electron chi connectivity index (χ3n) is 2.41. The third kappa shape index (κ3) is 3.46. The fourth-order valence-corrected chi connectivity index (χ4v) is 2.60. The van der Waals surface area contributed by atoms with Crippen LogP contribution >= 0.6 is 11.8 Å². The van der Waals surface area contributed by atoms with E-state index in [2.05, 4.69) is 36.2 Å². The second-order valence-corrected chi connectivity index (χ2v) is 5.81. The Morgan fingerprint density at radius 2 is 2.24 bits per heavy atom. The van der Waals surface area contributed by atoms with E-state index >= 15 is 0 Å². The van der Waals surface area contributed by atoms with Gasteiger partial charge in [0.15, 0.2) is 0 Å². The molecule has 6 heteroatoms. The molecule has 0 fully saturated rings. The lowest BCUT2D eigenvalue weighted by Crippen LogP contribution is -2.36. The molecular formula is C11H20N4OS. The number of thioether (sulfide) groups is 1. The molecule has 0 bridgehead atoms. The molecule has 17 heavy (non-hydrogen) atoms. The van der Waals surface area contributed by atoms with Gasteiger partial charge < -0.3 is 0 Å². The van der Waals surface area contributed by atoms with Gasteiger partial charge in [-0.3, -0.25) is 10.1 Å². The van der Waals surface area contributed by atoms with Gasteiger partial charge >= 0.3 is 0 Å². The molecule has 0 spiro atoms. The van der Waals surface area contributed by atoms with Gasteiger partial charge in [0.2, 0.25) is 11.9 Å². The first-order chi connectivity index (χ1) is 7.90. The predicted octanol–water partition coefficient (Wildman–Crippen LogP) is 2.01. The van der Waals surface area contributed by atoms with E-state index < -0.39 is 0 Å². The molecule has 0 aliphatic carbocycles. The zero-order valence-corrected chi connectivity index (χ0v) is 11.8. The van der Waals surface area contributed by atoms with Crippen molar-refractivity contribution in [2.24, 2.45) is 5.41 Å². The van der Waals surface area contributed by atoms with Crippen molar-refractivity contribution in [1.29, 1.82) is 0 Å². The number of aromatic nitrogens is 3. The molecule has 0 aliphatic heterocycles. The zero-order valence-electron chi connectivity index (χ0n) is 11.0. The average molecular weight is 256 g/mol. The molecule has 0 aliphatic rings. The van der Waals surface area contributed by atoms with E-state index in [9.17, 15) is 4.79 Å². The molecule has 0 radical (unpaired) electrons. The van der Waals surface area contributed by atoms with Crippen LogP contribution in [0.2, 0.25) is 0 Å². The number of hydrogen-bond acceptors (Lipinski definition) is 4. The van der Waals surface area contributed by atoms with Gasteiger partial charge in [0.05, 0.1) is 5.25 Å². The van der Waals surface area contributed by atoms with Gasteiger partial charge in [-0.25, -0.2) is 4.68 Å². The number of nitrogens with one attached hydrogen (secondary N) is 1. The van der Waals surface area contributed by atoms with Gasteiger partial charge in [-0.15, -0.1) is 0 Å². The van der Waals surface area contributed by atoms with Crippen molar-refractivity contribution in [3.05, 3.63) is 6.33 Å². The van der Waals surface area contributed by atoms with Crippen LogP contribution in [0.1, 0.15) is 27.7 Å². The van der Waals surface area contributed by atoms with Crippen molar-refractivity contribution in [3.8, 4) is 0 Å². The van der Waals surface area contributed by atoms with E-state index in [1.165, 1.54) is 6.33 Å². The Hall–Kier alpha value is -1.04. The highest BCUT2D eigenvalue weighted by Crippen LogP contribution is 2.29. The monoisotopic (exact) mass is 256 g/mol. The van der Waals surface area contributed by atoms with E-state index in [1.54, 1.807) is 16.4 Å². The molecule has 0 aromatic carbocycles. The molecule has 5 nitrogen and oxygen atoms in total. The summed E-state index contributed by atoms with van der Waals surface area (Å²) in [5.74, 6) is 0.494. The highest BCUT2D eigenvalue weighted by Gasteiger charge is 2.31. The minimum absolute atomic E-state index is 0.0206. The molecule has 1 aromatic rings. The summed E-state index contributed by atoms with van der Waals surface area (Å²) in [6.45, 7) is 8.81. The lowest BCUT2D eigenvalue weighted by atomic mass is 9.91. The van der Waals surface area contributed by atoms with Gasteiger partial charge in [0.25, 0.3) is 0 Å². The Kier molecular flexibility index (Phi) is 4.56. The van der Waals surface area contributed by atoms with E-state index in [4.69, 9.17) is 0 Å². The molecule has 1 aromatic heterocycles. The summed E-state index contributed by atoms with van der Waals surface area (Å²) in [6, 6.07) is 0. The fraction of sp³-hybridized carbons (Fsp3) is 0.727. The SMILES string of the molecule is CCn1ncnc1NC(=O)C(SC)C(C)(C)C. The van der Waals surface area contributed by atoms with Crippen LogP contribution in [0.15, 0.2) is 6.33 Å². The van der Waals surface area contributed by atoms with Crippen LogP contribution in [0, 0.1) is 5.41 Å². The van der Waals surface area contributed by atoms with Crippen molar-refractivity contribution in [2.75, 3.05) is 11.6 Å². The van der Waals surface area contributed by atoms with E-state index in [0.29, 0.717) is 12.5 Å². The maximum atomic E-state index is 12.1. The number of nitrogens with zero attached hydrogens (tertiary/aromatic N) is 3. The van der Waals surface area contributed by atoms with Crippen molar-refractivity contribution < 1.29 is 4.79 Å². The maximum Gasteiger partial charge on any atom is 0.240 e. The number of amides is 1. The summed E-state index contributed by atoms with van der Waals surface area (Å²) in [5, 5.41) is 6.74. The number of rotatable bonds is 4. The highest BCUT2D eigenvalue weighted by molar-refractivity contribution is 8.00. The molecule has 0 saturated heterocycles. The van der Waals surface area contributed by atoms with Crippen LogP contribution in [0.3, 0.4) is 0 Å². The maximum absolute atomic E-state index is 12.1. The largest absolute Gasteiger partial charge is 0.294 e. The molecular weight excluding hydrogens is 236 g/mol. The highest BCUT2D eigenvalue weighted by atomic mass is 32.2. The number of hydrogen-bond donors (Lipinski definition) is 1. The van der Waals surface area contributed by atoms with Crippen molar-refractivity contribution in [1.82, 2.24) is 14.8 Å². The number of aryl methyl sites for hydroxylation is 1. The predicted molar refractivity (Wildman–Crippen MR) is 71.1 cm³/mol. The van der Waals surface area contributed by atoms with E-state index in [0.717, 1.165) is 0 Å². The smallest absolute Gasteiger partial charge is 0.240 e. The Bertz CT molecular complexity index is 383. The summed E-state index contributed by atoms with van der Waals surface area (Å²) in [4.78, 5) is 16.2. The summed E-state index contributed by atoms with van der Waals surface area (Å²) in [6.07, 6.45) is 3.39.